The Balaban J connectivity index is 1.73. The first-order valence-electron chi connectivity index (χ1n) is 8.96. The van der Waals surface area contributed by atoms with Crippen LogP contribution in [0.3, 0.4) is 0 Å². The predicted molar refractivity (Wildman–Crippen MR) is 107 cm³/mol. The molecule has 5 heteroatoms. The van der Waals surface area contributed by atoms with Gasteiger partial charge in [-0.2, -0.15) is 0 Å². The Labute approximate surface area is 157 Å². The summed E-state index contributed by atoms with van der Waals surface area (Å²) < 4.78 is 1.71. The molecule has 5 nitrogen and oxygen atoms in total. The second kappa shape index (κ2) is 7.11. The van der Waals surface area contributed by atoms with Crippen molar-refractivity contribution in [1.29, 1.82) is 0 Å². The van der Waals surface area contributed by atoms with Crippen molar-refractivity contribution in [3.63, 3.8) is 0 Å². The van der Waals surface area contributed by atoms with Gasteiger partial charge in [-0.15, -0.1) is 0 Å². The first-order valence-corrected chi connectivity index (χ1v) is 8.96. The summed E-state index contributed by atoms with van der Waals surface area (Å²) in [5.74, 6) is 0.377. The Morgan fingerprint density at radius 1 is 0.963 bits per heavy atom. The van der Waals surface area contributed by atoms with Gasteiger partial charge in [0.2, 0.25) is 0 Å². The summed E-state index contributed by atoms with van der Waals surface area (Å²) in [6.07, 6.45) is 6.58. The Hall–Kier alpha value is -3.34. The lowest BCUT2D eigenvalue weighted by atomic mass is 10.0. The van der Waals surface area contributed by atoms with Gasteiger partial charge in [-0.05, 0) is 46.9 Å². The second-order valence-electron chi connectivity index (χ2n) is 6.87. The number of hydrogen-bond acceptors (Lipinski definition) is 4. The molecule has 0 aliphatic carbocycles. The van der Waals surface area contributed by atoms with Crippen molar-refractivity contribution in [3.8, 4) is 11.1 Å². The van der Waals surface area contributed by atoms with Crippen molar-refractivity contribution < 1.29 is 0 Å². The monoisotopic (exact) mass is 356 g/mol. The molecule has 0 aliphatic heterocycles. The van der Waals surface area contributed by atoms with E-state index in [1.54, 1.807) is 17.0 Å². The maximum absolute atomic E-state index is 12.4. The summed E-state index contributed by atoms with van der Waals surface area (Å²) in [7, 11) is 0. The van der Waals surface area contributed by atoms with Crippen molar-refractivity contribution in [2.75, 3.05) is 0 Å². The predicted octanol–water partition coefficient (Wildman–Crippen LogP) is 4.03. The smallest absolute Gasteiger partial charge is 0.269 e. The SMILES string of the molecule is CC(C)c1cc(-c2cccc(Cn3c(=O)cnc4ccncc43)c2)ccn1. The van der Waals surface area contributed by atoms with Crippen LogP contribution in [-0.2, 0) is 6.54 Å². The highest BCUT2D eigenvalue weighted by Crippen LogP contribution is 2.23. The highest BCUT2D eigenvalue weighted by atomic mass is 16.1. The molecule has 0 radical (unpaired) electrons. The molecule has 0 bridgehead atoms. The van der Waals surface area contributed by atoms with E-state index in [0.29, 0.717) is 12.5 Å². The van der Waals surface area contributed by atoms with Crippen LogP contribution in [0.2, 0.25) is 0 Å². The molecular weight excluding hydrogens is 336 g/mol. The third kappa shape index (κ3) is 3.49. The molecule has 0 N–H and O–H groups in total. The van der Waals surface area contributed by atoms with E-state index in [1.165, 1.54) is 6.20 Å². The van der Waals surface area contributed by atoms with E-state index >= 15 is 0 Å². The third-order valence-corrected chi connectivity index (χ3v) is 4.62. The first-order chi connectivity index (χ1) is 13.1. The zero-order chi connectivity index (χ0) is 18.8. The minimum atomic E-state index is -0.132. The summed E-state index contributed by atoms with van der Waals surface area (Å²) in [4.78, 5) is 25.2. The summed E-state index contributed by atoms with van der Waals surface area (Å²) in [6.45, 7) is 4.74. The highest BCUT2D eigenvalue weighted by molar-refractivity contribution is 5.73. The molecule has 0 fully saturated rings. The topological polar surface area (TPSA) is 60.7 Å². The van der Waals surface area contributed by atoms with Gasteiger partial charge < -0.3 is 0 Å². The fourth-order valence-corrected chi connectivity index (χ4v) is 3.15. The first kappa shape index (κ1) is 17.1. The van der Waals surface area contributed by atoms with Crippen molar-refractivity contribution in [2.45, 2.75) is 26.3 Å². The fraction of sp³-hybridized carbons (Fsp3) is 0.182. The van der Waals surface area contributed by atoms with Gasteiger partial charge in [0, 0.05) is 18.1 Å². The van der Waals surface area contributed by atoms with Crippen LogP contribution >= 0.6 is 0 Å². The number of rotatable bonds is 4. The van der Waals surface area contributed by atoms with Crippen LogP contribution in [0.4, 0.5) is 0 Å². The fourth-order valence-electron chi connectivity index (χ4n) is 3.15. The Bertz CT molecular complexity index is 1160. The molecule has 4 rings (SSSR count). The van der Waals surface area contributed by atoms with Crippen molar-refractivity contribution in [1.82, 2.24) is 19.5 Å². The van der Waals surface area contributed by atoms with E-state index in [0.717, 1.165) is 33.4 Å². The molecule has 3 heterocycles. The molecule has 4 aromatic rings. The lowest BCUT2D eigenvalue weighted by molar-refractivity contribution is 0.785. The van der Waals surface area contributed by atoms with Crippen LogP contribution in [-0.4, -0.2) is 19.5 Å². The zero-order valence-electron chi connectivity index (χ0n) is 15.3. The molecule has 0 atom stereocenters. The minimum Gasteiger partial charge on any atom is -0.300 e. The molecule has 0 unspecified atom stereocenters. The molecule has 0 aliphatic rings. The van der Waals surface area contributed by atoms with E-state index in [1.807, 2.05) is 30.5 Å². The lowest BCUT2D eigenvalue weighted by Crippen LogP contribution is -2.21. The van der Waals surface area contributed by atoms with Gasteiger partial charge in [-0.1, -0.05) is 32.0 Å². The van der Waals surface area contributed by atoms with Crippen molar-refractivity contribution >= 4 is 11.0 Å². The van der Waals surface area contributed by atoms with E-state index in [2.05, 4.69) is 47.0 Å². The molecular formula is C22H20N4O. The molecule has 134 valence electrons. The van der Waals surface area contributed by atoms with Gasteiger partial charge in [0.05, 0.1) is 30.0 Å². The number of hydrogen-bond donors (Lipinski definition) is 0. The van der Waals surface area contributed by atoms with E-state index in [9.17, 15) is 4.79 Å². The van der Waals surface area contributed by atoms with Crippen LogP contribution in [0, 0.1) is 0 Å². The van der Waals surface area contributed by atoms with Crippen molar-refractivity contribution in [2.24, 2.45) is 0 Å². The minimum absolute atomic E-state index is 0.132. The van der Waals surface area contributed by atoms with Crippen LogP contribution < -0.4 is 5.56 Å². The van der Waals surface area contributed by atoms with Crippen molar-refractivity contribution in [3.05, 3.63) is 88.9 Å². The molecule has 1 aromatic carbocycles. The quantitative estimate of drug-likeness (QED) is 0.554. The normalized spacial score (nSPS) is 11.2. The molecule has 27 heavy (non-hydrogen) atoms. The van der Waals surface area contributed by atoms with Gasteiger partial charge in [0.25, 0.3) is 5.56 Å². The van der Waals surface area contributed by atoms with Crippen LogP contribution in [0.5, 0.6) is 0 Å². The summed E-state index contributed by atoms with van der Waals surface area (Å²) in [6, 6.07) is 14.2. The Kier molecular flexibility index (Phi) is 4.50. The summed E-state index contributed by atoms with van der Waals surface area (Å²) in [5.41, 5.74) is 5.73. The van der Waals surface area contributed by atoms with Gasteiger partial charge >= 0.3 is 0 Å². The molecule has 0 spiro atoms. The largest absolute Gasteiger partial charge is 0.300 e. The maximum atomic E-state index is 12.4. The highest BCUT2D eigenvalue weighted by Gasteiger charge is 2.08. The average molecular weight is 356 g/mol. The standard InChI is InChI=1S/C22H20N4O/c1-15(2)20-11-18(6-9-24-20)17-5-3-4-16(10-17)14-26-21-12-23-8-7-19(21)25-13-22(26)27/h3-13,15H,14H2,1-2H3. The van der Waals surface area contributed by atoms with Crippen LogP contribution in [0.15, 0.2) is 72.0 Å². The van der Waals surface area contributed by atoms with Crippen LogP contribution in [0.25, 0.3) is 22.2 Å². The number of pyridine rings is 2. The van der Waals surface area contributed by atoms with Gasteiger partial charge in [0.1, 0.15) is 0 Å². The summed E-state index contributed by atoms with van der Waals surface area (Å²) >= 11 is 0. The van der Waals surface area contributed by atoms with E-state index in [-0.39, 0.29) is 5.56 Å². The van der Waals surface area contributed by atoms with Gasteiger partial charge in [-0.3, -0.25) is 19.3 Å². The second-order valence-corrected chi connectivity index (χ2v) is 6.87. The number of benzene rings is 1. The van der Waals surface area contributed by atoms with E-state index in [4.69, 9.17) is 0 Å². The zero-order valence-corrected chi connectivity index (χ0v) is 15.3. The van der Waals surface area contributed by atoms with Crippen LogP contribution in [0.1, 0.15) is 31.0 Å². The average Bonchev–Trinajstić information content (AvgIpc) is 2.70. The molecule has 3 aromatic heterocycles. The Morgan fingerprint density at radius 2 is 1.81 bits per heavy atom. The van der Waals surface area contributed by atoms with Gasteiger partial charge in [0.15, 0.2) is 0 Å². The Morgan fingerprint density at radius 3 is 2.67 bits per heavy atom. The summed E-state index contributed by atoms with van der Waals surface area (Å²) in [5, 5.41) is 0. The number of aromatic nitrogens is 4. The lowest BCUT2D eigenvalue weighted by Gasteiger charge is -2.11. The molecule has 0 amide bonds. The molecule has 0 saturated carbocycles. The van der Waals surface area contributed by atoms with Gasteiger partial charge in [-0.25, -0.2) is 4.98 Å². The number of nitrogens with zero attached hydrogens (tertiary/aromatic N) is 4. The molecule has 0 saturated heterocycles. The van der Waals surface area contributed by atoms with E-state index < -0.39 is 0 Å². The number of fused-ring (bicyclic) bond motifs is 1. The maximum Gasteiger partial charge on any atom is 0.269 e. The third-order valence-electron chi connectivity index (χ3n) is 4.62.